The number of rotatable bonds is 5. The first-order valence-electron chi connectivity index (χ1n) is 6.66. The lowest BCUT2D eigenvalue weighted by atomic mass is 10.1. The summed E-state index contributed by atoms with van der Waals surface area (Å²) in [7, 11) is 0. The number of hydrogen-bond donors (Lipinski definition) is 2. The smallest absolute Gasteiger partial charge is 0.351 e. The van der Waals surface area contributed by atoms with Crippen LogP contribution in [0.25, 0.3) is 0 Å². The predicted molar refractivity (Wildman–Crippen MR) is 68.4 cm³/mol. The zero-order valence-electron chi connectivity index (χ0n) is 11.0. The molecular formula is C13H18F3N3O. The van der Waals surface area contributed by atoms with Gasteiger partial charge in [-0.1, -0.05) is 0 Å². The lowest BCUT2D eigenvalue weighted by Gasteiger charge is -2.13. The van der Waals surface area contributed by atoms with Gasteiger partial charge in [-0.05, 0) is 44.0 Å². The molecule has 0 bridgehead atoms. The summed E-state index contributed by atoms with van der Waals surface area (Å²) in [6, 6.07) is 2.85. The number of aromatic nitrogens is 1. The molecule has 0 saturated carbocycles. The fourth-order valence-corrected chi connectivity index (χ4v) is 2.39. The van der Waals surface area contributed by atoms with Gasteiger partial charge in [-0.15, -0.1) is 0 Å². The van der Waals surface area contributed by atoms with E-state index in [0.717, 1.165) is 30.5 Å². The highest BCUT2D eigenvalue weighted by Gasteiger charge is 2.29. The monoisotopic (exact) mass is 289 g/mol. The summed E-state index contributed by atoms with van der Waals surface area (Å²) in [4.78, 5) is 11.9. The highest BCUT2D eigenvalue weighted by atomic mass is 19.4. The van der Waals surface area contributed by atoms with Crippen LogP contribution in [0, 0.1) is 5.92 Å². The van der Waals surface area contributed by atoms with Crippen LogP contribution in [0.5, 0.6) is 0 Å². The Hall–Kier alpha value is -1.50. The van der Waals surface area contributed by atoms with Gasteiger partial charge in [0.1, 0.15) is 12.2 Å². The molecule has 1 saturated heterocycles. The van der Waals surface area contributed by atoms with Gasteiger partial charge in [0.2, 0.25) is 0 Å². The predicted octanol–water partition coefficient (Wildman–Crippen LogP) is 1.78. The summed E-state index contributed by atoms with van der Waals surface area (Å²) in [5.41, 5.74) is 0.0480. The molecule has 1 unspecified atom stereocenters. The van der Waals surface area contributed by atoms with E-state index in [2.05, 4.69) is 10.6 Å². The minimum atomic E-state index is -4.33. The van der Waals surface area contributed by atoms with Crippen LogP contribution < -0.4 is 10.6 Å². The summed E-state index contributed by atoms with van der Waals surface area (Å²) in [5, 5.41) is 5.91. The number of amides is 1. The first-order chi connectivity index (χ1) is 9.46. The molecule has 0 spiro atoms. The quantitative estimate of drug-likeness (QED) is 0.868. The number of hydrogen-bond acceptors (Lipinski definition) is 2. The topological polar surface area (TPSA) is 46.1 Å². The Bertz CT molecular complexity index is 450. The zero-order chi connectivity index (χ0) is 14.6. The van der Waals surface area contributed by atoms with Crippen molar-refractivity contribution in [2.75, 3.05) is 19.6 Å². The molecule has 0 radical (unpaired) electrons. The van der Waals surface area contributed by atoms with Crippen LogP contribution in [0.4, 0.5) is 13.2 Å². The zero-order valence-corrected chi connectivity index (χ0v) is 11.0. The first kappa shape index (κ1) is 14.9. The molecule has 1 aliphatic heterocycles. The molecule has 1 aliphatic rings. The summed E-state index contributed by atoms with van der Waals surface area (Å²) >= 11 is 0. The molecule has 1 aromatic rings. The molecule has 2 heterocycles. The lowest BCUT2D eigenvalue weighted by molar-refractivity contribution is -0.140. The van der Waals surface area contributed by atoms with E-state index in [-0.39, 0.29) is 5.69 Å². The molecule has 1 amide bonds. The van der Waals surface area contributed by atoms with Crippen molar-refractivity contribution < 1.29 is 18.0 Å². The Kier molecular flexibility index (Phi) is 4.69. The van der Waals surface area contributed by atoms with Gasteiger partial charge in [-0.25, -0.2) is 0 Å². The van der Waals surface area contributed by atoms with Crippen molar-refractivity contribution in [3.63, 3.8) is 0 Å². The van der Waals surface area contributed by atoms with E-state index >= 15 is 0 Å². The number of carbonyl (C=O) groups excluding carboxylic acids is 1. The molecule has 112 valence electrons. The Morgan fingerprint density at radius 2 is 2.30 bits per heavy atom. The summed E-state index contributed by atoms with van der Waals surface area (Å²) in [5.74, 6) is 0.0856. The Labute approximate surface area is 115 Å². The third-order valence-electron chi connectivity index (χ3n) is 3.41. The average molecular weight is 289 g/mol. The fourth-order valence-electron chi connectivity index (χ4n) is 2.39. The van der Waals surface area contributed by atoms with E-state index in [0.29, 0.717) is 12.5 Å². The van der Waals surface area contributed by atoms with E-state index in [1.165, 1.54) is 18.3 Å². The third-order valence-corrected chi connectivity index (χ3v) is 3.41. The number of nitrogens with zero attached hydrogens (tertiary/aromatic N) is 1. The molecule has 0 aliphatic carbocycles. The summed E-state index contributed by atoms with van der Waals surface area (Å²) < 4.78 is 38.0. The van der Waals surface area contributed by atoms with E-state index in [1.807, 2.05) is 0 Å². The summed E-state index contributed by atoms with van der Waals surface area (Å²) in [6.45, 7) is 1.28. The standard InChI is InChI=1S/C13H18F3N3O/c14-13(15,16)9-19-7-1-2-11(19)12(20)18-6-4-10-3-5-17-8-10/h1-2,7,10,17H,3-6,8-9H2,(H,18,20). The second kappa shape index (κ2) is 6.30. The van der Waals surface area contributed by atoms with Crippen molar-refractivity contribution in [3.8, 4) is 0 Å². The van der Waals surface area contributed by atoms with Crippen LogP contribution in [0.15, 0.2) is 18.3 Å². The fraction of sp³-hybridized carbons (Fsp3) is 0.615. The number of carbonyl (C=O) groups is 1. The molecule has 20 heavy (non-hydrogen) atoms. The van der Waals surface area contributed by atoms with Gasteiger partial charge in [0.05, 0.1) is 0 Å². The largest absolute Gasteiger partial charge is 0.406 e. The minimum Gasteiger partial charge on any atom is -0.351 e. The van der Waals surface area contributed by atoms with Gasteiger partial charge < -0.3 is 15.2 Å². The Balaban J connectivity index is 1.84. The van der Waals surface area contributed by atoms with Crippen molar-refractivity contribution in [1.82, 2.24) is 15.2 Å². The molecule has 1 fully saturated rings. The van der Waals surface area contributed by atoms with Crippen molar-refractivity contribution in [3.05, 3.63) is 24.0 Å². The van der Waals surface area contributed by atoms with Crippen molar-refractivity contribution in [2.45, 2.75) is 25.6 Å². The third kappa shape index (κ3) is 4.26. The van der Waals surface area contributed by atoms with E-state index in [9.17, 15) is 18.0 Å². The van der Waals surface area contributed by atoms with Gasteiger partial charge in [-0.3, -0.25) is 4.79 Å². The van der Waals surface area contributed by atoms with Gasteiger partial charge >= 0.3 is 6.18 Å². The van der Waals surface area contributed by atoms with Gasteiger partial charge in [0.25, 0.3) is 5.91 Å². The SMILES string of the molecule is O=C(NCCC1CCNC1)c1cccn1CC(F)(F)F. The second-order valence-electron chi connectivity index (χ2n) is 5.04. The van der Waals surface area contributed by atoms with Gasteiger partial charge in [0.15, 0.2) is 0 Å². The van der Waals surface area contributed by atoms with Crippen LogP contribution in [0.3, 0.4) is 0 Å². The number of alkyl halides is 3. The lowest BCUT2D eigenvalue weighted by Crippen LogP contribution is -2.30. The van der Waals surface area contributed by atoms with Crippen molar-refractivity contribution >= 4 is 5.91 Å². The molecule has 1 atom stereocenters. The molecule has 2 rings (SSSR count). The highest BCUT2D eigenvalue weighted by molar-refractivity contribution is 5.92. The average Bonchev–Trinajstić information content (AvgIpc) is 2.98. The molecular weight excluding hydrogens is 271 g/mol. The molecule has 4 nitrogen and oxygen atoms in total. The van der Waals surface area contributed by atoms with Crippen molar-refractivity contribution in [2.24, 2.45) is 5.92 Å². The normalized spacial score (nSPS) is 19.2. The first-order valence-corrected chi connectivity index (χ1v) is 6.66. The molecule has 1 aromatic heterocycles. The maximum absolute atomic E-state index is 12.4. The Morgan fingerprint density at radius 3 is 2.95 bits per heavy atom. The van der Waals surface area contributed by atoms with Crippen LogP contribution in [0.2, 0.25) is 0 Å². The number of halogens is 3. The van der Waals surface area contributed by atoms with E-state index in [4.69, 9.17) is 0 Å². The molecule has 2 N–H and O–H groups in total. The second-order valence-corrected chi connectivity index (χ2v) is 5.04. The molecule has 0 aromatic carbocycles. The summed E-state index contributed by atoms with van der Waals surface area (Å²) in [6.07, 6.45) is -1.13. The van der Waals surface area contributed by atoms with E-state index in [1.54, 1.807) is 0 Å². The maximum atomic E-state index is 12.4. The maximum Gasteiger partial charge on any atom is 0.406 e. The van der Waals surface area contributed by atoms with Crippen LogP contribution in [0.1, 0.15) is 23.3 Å². The van der Waals surface area contributed by atoms with E-state index < -0.39 is 18.6 Å². The van der Waals surface area contributed by atoms with Gasteiger partial charge in [-0.2, -0.15) is 13.2 Å². The van der Waals surface area contributed by atoms with Crippen LogP contribution >= 0.6 is 0 Å². The van der Waals surface area contributed by atoms with Crippen LogP contribution in [-0.2, 0) is 6.54 Å². The Morgan fingerprint density at radius 1 is 1.50 bits per heavy atom. The van der Waals surface area contributed by atoms with Gasteiger partial charge in [0, 0.05) is 12.7 Å². The highest BCUT2D eigenvalue weighted by Crippen LogP contribution is 2.19. The van der Waals surface area contributed by atoms with Crippen molar-refractivity contribution in [1.29, 1.82) is 0 Å². The molecule has 7 heteroatoms. The minimum absolute atomic E-state index is 0.0480. The number of nitrogens with one attached hydrogen (secondary N) is 2. The van der Waals surface area contributed by atoms with Crippen LogP contribution in [-0.4, -0.2) is 36.3 Å².